The Bertz CT molecular complexity index is 857. The van der Waals surface area contributed by atoms with Crippen LogP contribution in [0.2, 0.25) is 0 Å². The molecule has 0 unspecified atom stereocenters. The normalized spacial score (nSPS) is 15.7. The highest BCUT2D eigenvalue weighted by molar-refractivity contribution is 5.85. The standard InChI is InChI=1S/C20H21N3O/c24-14-19-20(16-8-2-1-3-9-16)23(22-21-19)13-17-11-6-10-15-7-4-5-12-18(15)17/h4-7,10-12,14,16H,1-3,8-9,13H2. The Morgan fingerprint density at radius 2 is 1.83 bits per heavy atom. The third-order valence-corrected chi connectivity index (χ3v) is 5.10. The maximum Gasteiger partial charge on any atom is 0.172 e. The van der Waals surface area contributed by atoms with E-state index in [0.717, 1.165) is 24.8 Å². The van der Waals surface area contributed by atoms with E-state index in [1.165, 1.54) is 35.6 Å². The van der Waals surface area contributed by atoms with Crippen molar-refractivity contribution in [1.82, 2.24) is 15.0 Å². The van der Waals surface area contributed by atoms with Crippen molar-refractivity contribution in [2.24, 2.45) is 0 Å². The maximum atomic E-state index is 11.4. The summed E-state index contributed by atoms with van der Waals surface area (Å²) in [6, 6.07) is 14.7. The molecule has 0 saturated heterocycles. The average Bonchev–Trinajstić information content (AvgIpc) is 3.05. The lowest BCUT2D eigenvalue weighted by molar-refractivity contribution is 0.111. The fourth-order valence-corrected chi connectivity index (χ4v) is 3.92. The summed E-state index contributed by atoms with van der Waals surface area (Å²) in [6.45, 7) is 0.661. The molecular formula is C20H21N3O. The Balaban J connectivity index is 1.74. The van der Waals surface area contributed by atoms with Crippen molar-refractivity contribution in [3.63, 3.8) is 0 Å². The number of fused-ring (bicyclic) bond motifs is 1. The molecule has 4 heteroatoms. The number of hydrogen-bond acceptors (Lipinski definition) is 3. The van der Waals surface area contributed by atoms with Gasteiger partial charge in [0, 0.05) is 5.92 Å². The summed E-state index contributed by atoms with van der Waals surface area (Å²) in [4.78, 5) is 11.4. The number of nitrogens with zero attached hydrogens (tertiary/aromatic N) is 3. The maximum absolute atomic E-state index is 11.4. The van der Waals surface area contributed by atoms with Gasteiger partial charge in [-0.15, -0.1) is 5.10 Å². The number of rotatable bonds is 4. The largest absolute Gasteiger partial charge is 0.296 e. The lowest BCUT2D eigenvalue weighted by Crippen LogP contribution is -2.14. The van der Waals surface area contributed by atoms with Gasteiger partial charge >= 0.3 is 0 Å². The summed E-state index contributed by atoms with van der Waals surface area (Å²) >= 11 is 0. The van der Waals surface area contributed by atoms with Crippen LogP contribution < -0.4 is 0 Å². The molecule has 0 amide bonds. The molecule has 0 aliphatic heterocycles. The van der Waals surface area contributed by atoms with Crippen LogP contribution in [0.3, 0.4) is 0 Å². The number of carbonyl (C=O) groups excluding carboxylic acids is 1. The molecule has 0 radical (unpaired) electrons. The number of aldehydes is 1. The highest BCUT2D eigenvalue weighted by Gasteiger charge is 2.24. The fourth-order valence-electron chi connectivity index (χ4n) is 3.92. The van der Waals surface area contributed by atoms with Crippen molar-refractivity contribution >= 4 is 17.1 Å². The van der Waals surface area contributed by atoms with Gasteiger partial charge in [-0.05, 0) is 29.2 Å². The van der Waals surface area contributed by atoms with Gasteiger partial charge in [0.1, 0.15) is 5.69 Å². The summed E-state index contributed by atoms with van der Waals surface area (Å²) in [5.74, 6) is 0.406. The van der Waals surface area contributed by atoms with Gasteiger partial charge in [-0.25, -0.2) is 4.68 Å². The Hall–Kier alpha value is -2.49. The van der Waals surface area contributed by atoms with Crippen molar-refractivity contribution in [1.29, 1.82) is 0 Å². The van der Waals surface area contributed by atoms with E-state index >= 15 is 0 Å². The minimum atomic E-state index is 0.406. The molecule has 0 atom stereocenters. The summed E-state index contributed by atoms with van der Waals surface area (Å²) < 4.78 is 1.95. The van der Waals surface area contributed by atoms with Crippen molar-refractivity contribution in [3.8, 4) is 0 Å². The molecule has 1 heterocycles. The van der Waals surface area contributed by atoms with Gasteiger partial charge in [-0.1, -0.05) is 66.9 Å². The molecule has 4 nitrogen and oxygen atoms in total. The molecule has 0 bridgehead atoms. The number of benzene rings is 2. The summed E-state index contributed by atoms with van der Waals surface area (Å²) in [5.41, 5.74) is 2.76. The molecule has 4 rings (SSSR count). The van der Waals surface area contributed by atoms with Crippen molar-refractivity contribution < 1.29 is 4.79 Å². The molecule has 122 valence electrons. The van der Waals surface area contributed by atoms with Crippen LogP contribution in [0.1, 0.15) is 59.8 Å². The number of hydrogen-bond donors (Lipinski definition) is 0. The smallest absolute Gasteiger partial charge is 0.172 e. The van der Waals surface area contributed by atoms with E-state index in [4.69, 9.17) is 0 Å². The second-order valence-electron chi connectivity index (χ2n) is 6.61. The first-order chi connectivity index (χ1) is 11.9. The highest BCUT2D eigenvalue weighted by Crippen LogP contribution is 2.34. The monoisotopic (exact) mass is 319 g/mol. The molecule has 1 aliphatic rings. The van der Waals surface area contributed by atoms with Gasteiger partial charge in [0.2, 0.25) is 0 Å². The fraction of sp³-hybridized carbons (Fsp3) is 0.350. The van der Waals surface area contributed by atoms with E-state index in [2.05, 4.69) is 52.8 Å². The Kier molecular flexibility index (Phi) is 4.11. The van der Waals surface area contributed by atoms with Crippen LogP contribution in [0.5, 0.6) is 0 Å². The second kappa shape index (κ2) is 6.56. The van der Waals surface area contributed by atoms with Crippen molar-refractivity contribution in [3.05, 3.63) is 59.4 Å². The Morgan fingerprint density at radius 1 is 1.04 bits per heavy atom. The topological polar surface area (TPSA) is 47.8 Å². The zero-order valence-corrected chi connectivity index (χ0v) is 13.7. The van der Waals surface area contributed by atoms with Gasteiger partial charge in [0.15, 0.2) is 6.29 Å². The number of aromatic nitrogens is 3. The van der Waals surface area contributed by atoms with Gasteiger partial charge in [0.25, 0.3) is 0 Å². The van der Waals surface area contributed by atoms with Crippen LogP contribution in [0.15, 0.2) is 42.5 Å². The predicted molar refractivity (Wildman–Crippen MR) is 94.3 cm³/mol. The van der Waals surface area contributed by atoms with Gasteiger partial charge < -0.3 is 0 Å². The molecule has 0 spiro atoms. The van der Waals surface area contributed by atoms with Gasteiger partial charge in [0.05, 0.1) is 12.2 Å². The van der Waals surface area contributed by atoms with Crippen molar-refractivity contribution in [2.45, 2.75) is 44.6 Å². The van der Waals surface area contributed by atoms with E-state index in [9.17, 15) is 4.79 Å². The van der Waals surface area contributed by atoms with Crippen LogP contribution in [0.25, 0.3) is 10.8 Å². The SMILES string of the molecule is O=Cc1nnn(Cc2cccc3ccccc23)c1C1CCCCC1. The predicted octanol–water partition coefficient (Wildman–Crippen LogP) is 4.34. The molecule has 1 saturated carbocycles. The first-order valence-electron chi connectivity index (χ1n) is 8.72. The molecule has 1 fully saturated rings. The van der Waals surface area contributed by atoms with Crippen LogP contribution in [-0.2, 0) is 6.54 Å². The van der Waals surface area contributed by atoms with Crippen LogP contribution >= 0.6 is 0 Å². The van der Waals surface area contributed by atoms with Gasteiger partial charge in [-0.3, -0.25) is 4.79 Å². The second-order valence-corrected chi connectivity index (χ2v) is 6.61. The molecule has 2 aromatic carbocycles. The van der Waals surface area contributed by atoms with E-state index in [1.807, 2.05) is 4.68 Å². The average molecular weight is 319 g/mol. The zero-order chi connectivity index (χ0) is 16.4. The number of carbonyl (C=O) groups is 1. The molecule has 24 heavy (non-hydrogen) atoms. The molecule has 1 aromatic heterocycles. The molecule has 1 aliphatic carbocycles. The minimum absolute atomic E-state index is 0.406. The first-order valence-corrected chi connectivity index (χ1v) is 8.72. The van der Waals surface area contributed by atoms with Crippen LogP contribution in [0, 0.1) is 0 Å². The van der Waals surface area contributed by atoms with Gasteiger partial charge in [-0.2, -0.15) is 0 Å². The van der Waals surface area contributed by atoms with Crippen LogP contribution in [-0.4, -0.2) is 21.3 Å². The summed E-state index contributed by atoms with van der Waals surface area (Å²) in [6.07, 6.45) is 6.85. The lowest BCUT2D eigenvalue weighted by atomic mass is 9.86. The third kappa shape index (κ3) is 2.73. The zero-order valence-electron chi connectivity index (χ0n) is 13.7. The van der Waals surface area contributed by atoms with Crippen molar-refractivity contribution in [2.75, 3.05) is 0 Å². The molecule has 0 N–H and O–H groups in total. The molecular weight excluding hydrogens is 298 g/mol. The minimum Gasteiger partial charge on any atom is -0.296 e. The quantitative estimate of drug-likeness (QED) is 0.672. The van der Waals surface area contributed by atoms with E-state index < -0.39 is 0 Å². The van der Waals surface area contributed by atoms with Crippen LogP contribution in [0.4, 0.5) is 0 Å². The van der Waals surface area contributed by atoms with E-state index in [-0.39, 0.29) is 0 Å². The highest BCUT2D eigenvalue weighted by atomic mass is 16.1. The Labute approximate surface area is 141 Å². The third-order valence-electron chi connectivity index (χ3n) is 5.10. The Morgan fingerprint density at radius 3 is 2.67 bits per heavy atom. The molecule has 3 aromatic rings. The summed E-state index contributed by atoms with van der Waals surface area (Å²) in [5, 5.41) is 10.9. The van der Waals surface area contributed by atoms with E-state index in [1.54, 1.807) is 0 Å². The van der Waals surface area contributed by atoms with E-state index in [0.29, 0.717) is 18.2 Å². The first kappa shape index (κ1) is 15.1. The summed E-state index contributed by atoms with van der Waals surface area (Å²) in [7, 11) is 0. The lowest BCUT2D eigenvalue weighted by Gasteiger charge is -2.22.